The molecule has 126 valence electrons. The first-order chi connectivity index (χ1) is 11.7. The zero-order valence-corrected chi connectivity index (χ0v) is 14.4. The van der Waals surface area contributed by atoms with Crippen molar-refractivity contribution in [3.05, 3.63) is 29.5 Å². The van der Waals surface area contributed by atoms with E-state index in [1.807, 2.05) is 12.1 Å². The number of carbonyl (C=O) groups is 1. The second-order valence-electron chi connectivity index (χ2n) is 7.74. The van der Waals surface area contributed by atoms with Crippen LogP contribution in [0.4, 0.5) is 0 Å². The van der Waals surface area contributed by atoms with Gasteiger partial charge in [0.25, 0.3) is 0 Å². The molecule has 4 heterocycles. The van der Waals surface area contributed by atoms with Crippen molar-refractivity contribution < 1.29 is 9.53 Å². The van der Waals surface area contributed by atoms with Gasteiger partial charge < -0.3 is 9.30 Å². The van der Waals surface area contributed by atoms with Crippen LogP contribution in [0.1, 0.15) is 48.2 Å². The van der Waals surface area contributed by atoms with E-state index in [1.165, 1.54) is 37.0 Å². The minimum Gasteiger partial charge on any atom is -0.497 e. The van der Waals surface area contributed by atoms with Crippen LogP contribution in [-0.4, -0.2) is 35.4 Å². The summed E-state index contributed by atoms with van der Waals surface area (Å²) in [5.74, 6) is 2.91. The molecule has 2 aromatic rings. The Balaban J connectivity index is 1.74. The van der Waals surface area contributed by atoms with E-state index in [4.69, 9.17) is 4.74 Å². The van der Waals surface area contributed by atoms with E-state index in [-0.39, 0.29) is 0 Å². The number of methoxy groups -OCH3 is 1. The maximum atomic E-state index is 12.0. The molecule has 4 aliphatic rings. The summed E-state index contributed by atoms with van der Waals surface area (Å²) in [6.07, 6.45) is 4.94. The SMILES string of the molecule is CC[C@H]1C[C@@H]2CC3c4c(C=O)c5cc(OC)ccc5n4CN(C2)[C@H]31. The maximum Gasteiger partial charge on any atom is 0.152 e. The zero-order chi connectivity index (χ0) is 16.4. The quantitative estimate of drug-likeness (QED) is 0.809. The Bertz CT molecular complexity index is 825. The van der Waals surface area contributed by atoms with Crippen LogP contribution in [0.3, 0.4) is 0 Å². The molecule has 4 nitrogen and oxygen atoms in total. The maximum absolute atomic E-state index is 12.0. The van der Waals surface area contributed by atoms with Crippen LogP contribution < -0.4 is 4.74 Å². The van der Waals surface area contributed by atoms with Gasteiger partial charge in [-0.05, 0) is 42.9 Å². The van der Waals surface area contributed by atoms with Crippen molar-refractivity contribution in [2.75, 3.05) is 13.7 Å². The van der Waals surface area contributed by atoms with Gasteiger partial charge in [-0.3, -0.25) is 9.69 Å². The standard InChI is InChI=1S/C20H24N2O2/c1-3-13-6-12-7-16-19(13)21(9-12)11-22-18-5-4-14(24-2)8-15(18)17(10-23)20(16)22/h4-5,8,10,12-13,16,19H,3,6-7,9,11H2,1-2H3/t12-,13+,16?,19+/m1/s1. The minimum absolute atomic E-state index is 0.509. The molecule has 4 heteroatoms. The van der Waals surface area contributed by atoms with Gasteiger partial charge in [0.15, 0.2) is 6.29 Å². The summed E-state index contributed by atoms with van der Waals surface area (Å²) >= 11 is 0. The molecule has 2 unspecified atom stereocenters. The van der Waals surface area contributed by atoms with Crippen molar-refractivity contribution in [2.24, 2.45) is 11.8 Å². The number of hydrogen-bond acceptors (Lipinski definition) is 3. The van der Waals surface area contributed by atoms with Crippen molar-refractivity contribution in [3.8, 4) is 5.75 Å². The van der Waals surface area contributed by atoms with Crippen LogP contribution in [0.5, 0.6) is 5.75 Å². The highest BCUT2D eigenvalue weighted by Gasteiger charge is 2.50. The highest BCUT2D eigenvalue weighted by Crippen LogP contribution is 2.52. The Morgan fingerprint density at radius 3 is 2.96 bits per heavy atom. The first kappa shape index (κ1) is 14.5. The van der Waals surface area contributed by atoms with E-state index in [2.05, 4.69) is 22.5 Å². The fourth-order valence-electron chi connectivity index (χ4n) is 5.84. The Kier molecular flexibility index (Phi) is 3.08. The number of hydrogen-bond donors (Lipinski definition) is 0. The largest absolute Gasteiger partial charge is 0.497 e. The molecule has 0 N–H and O–H groups in total. The number of nitrogens with zero attached hydrogens (tertiary/aromatic N) is 2. The lowest BCUT2D eigenvalue weighted by atomic mass is 9.64. The third-order valence-corrected chi connectivity index (χ3v) is 6.70. The molecule has 0 spiro atoms. The van der Waals surface area contributed by atoms with Gasteiger partial charge in [-0.1, -0.05) is 13.3 Å². The number of ether oxygens (including phenoxy) is 1. The van der Waals surface area contributed by atoms with Crippen LogP contribution in [0.2, 0.25) is 0 Å². The lowest BCUT2D eigenvalue weighted by Crippen LogP contribution is -2.59. The first-order valence-electron chi connectivity index (χ1n) is 9.14. The second kappa shape index (κ2) is 5.09. The van der Waals surface area contributed by atoms with Gasteiger partial charge in [-0.2, -0.15) is 0 Å². The van der Waals surface area contributed by atoms with E-state index >= 15 is 0 Å². The molecule has 1 saturated carbocycles. The molecule has 1 aromatic carbocycles. The van der Waals surface area contributed by atoms with Gasteiger partial charge in [0.1, 0.15) is 5.75 Å². The predicted octanol–water partition coefficient (Wildman–Crippen LogP) is 3.64. The van der Waals surface area contributed by atoms with Crippen molar-refractivity contribution >= 4 is 17.2 Å². The van der Waals surface area contributed by atoms with E-state index in [0.717, 1.165) is 41.5 Å². The average Bonchev–Trinajstić information content (AvgIpc) is 2.94. The van der Waals surface area contributed by atoms with Crippen molar-refractivity contribution in [1.82, 2.24) is 9.47 Å². The molecule has 2 saturated heterocycles. The molecule has 5 atom stereocenters. The number of benzene rings is 1. The summed E-state index contributed by atoms with van der Waals surface area (Å²) in [4.78, 5) is 14.7. The average molecular weight is 324 g/mol. The predicted molar refractivity (Wildman–Crippen MR) is 93.6 cm³/mol. The number of aromatic nitrogens is 1. The normalized spacial score (nSPS) is 33.5. The molecule has 1 aromatic heterocycles. The number of carbonyl (C=O) groups excluding carboxylic acids is 1. The molecular weight excluding hydrogens is 300 g/mol. The molecule has 0 amide bonds. The van der Waals surface area contributed by atoms with Crippen molar-refractivity contribution in [3.63, 3.8) is 0 Å². The molecule has 3 aliphatic heterocycles. The van der Waals surface area contributed by atoms with Gasteiger partial charge in [-0.15, -0.1) is 0 Å². The molecule has 24 heavy (non-hydrogen) atoms. The van der Waals surface area contributed by atoms with Gasteiger partial charge in [0.2, 0.25) is 0 Å². The minimum atomic E-state index is 0.509. The topological polar surface area (TPSA) is 34.5 Å². The summed E-state index contributed by atoms with van der Waals surface area (Å²) < 4.78 is 7.79. The van der Waals surface area contributed by atoms with Crippen molar-refractivity contribution in [1.29, 1.82) is 0 Å². The number of rotatable bonds is 3. The molecule has 4 bridgehead atoms. The lowest BCUT2D eigenvalue weighted by Gasteiger charge is -2.57. The van der Waals surface area contributed by atoms with E-state index in [1.54, 1.807) is 7.11 Å². The third kappa shape index (κ3) is 1.75. The van der Waals surface area contributed by atoms with Crippen LogP contribution in [0.25, 0.3) is 10.9 Å². The Morgan fingerprint density at radius 1 is 1.33 bits per heavy atom. The van der Waals surface area contributed by atoms with Crippen LogP contribution >= 0.6 is 0 Å². The van der Waals surface area contributed by atoms with E-state index in [0.29, 0.717) is 12.0 Å². The zero-order valence-electron chi connectivity index (χ0n) is 14.4. The monoisotopic (exact) mass is 324 g/mol. The van der Waals surface area contributed by atoms with Crippen LogP contribution in [0.15, 0.2) is 18.2 Å². The fraction of sp³-hybridized carbons (Fsp3) is 0.550. The lowest BCUT2D eigenvalue weighted by molar-refractivity contribution is -0.0542. The Hall–Kier alpha value is -1.81. The first-order valence-corrected chi connectivity index (χ1v) is 9.14. The number of piperidine rings is 2. The van der Waals surface area contributed by atoms with E-state index in [9.17, 15) is 4.79 Å². The Labute approximate surface area is 142 Å². The molecule has 1 aliphatic carbocycles. The smallest absolute Gasteiger partial charge is 0.152 e. The number of aldehydes is 1. The molecule has 3 fully saturated rings. The van der Waals surface area contributed by atoms with Gasteiger partial charge in [-0.25, -0.2) is 0 Å². The molecule has 0 radical (unpaired) electrons. The summed E-state index contributed by atoms with van der Waals surface area (Å²) in [6, 6.07) is 6.77. The second-order valence-corrected chi connectivity index (χ2v) is 7.74. The van der Waals surface area contributed by atoms with Crippen LogP contribution in [-0.2, 0) is 6.67 Å². The van der Waals surface area contributed by atoms with Crippen molar-refractivity contribution in [2.45, 2.75) is 44.8 Å². The number of fused-ring (bicyclic) bond motifs is 4. The summed E-state index contributed by atoms with van der Waals surface area (Å²) in [6.45, 7) is 4.48. The summed E-state index contributed by atoms with van der Waals surface area (Å²) in [5, 5.41) is 1.05. The van der Waals surface area contributed by atoms with Crippen LogP contribution in [0, 0.1) is 11.8 Å². The third-order valence-electron chi connectivity index (χ3n) is 6.70. The Morgan fingerprint density at radius 2 is 2.21 bits per heavy atom. The van der Waals surface area contributed by atoms with Gasteiger partial charge in [0.05, 0.1) is 19.3 Å². The van der Waals surface area contributed by atoms with Gasteiger partial charge in [0, 0.05) is 35.1 Å². The highest BCUT2D eigenvalue weighted by molar-refractivity contribution is 6.00. The summed E-state index contributed by atoms with van der Waals surface area (Å²) in [5.41, 5.74) is 3.36. The van der Waals surface area contributed by atoms with Gasteiger partial charge >= 0.3 is 0 Å². The molecule has 6 rings (SSSR count). The fourth-order valence-corrected chi connectivity index (χ4v) is 5.84. The molecular formula is C20H24N2O2. The van der Waals surface area contributed by atoms with E-state index < -0.39 is 0 Å². The highest BCUT2D eigenvalue weighted by atomic mass is 16.5. The summed E-state index contributed by atoms with van der Waals surface area (Å²) in [7, 11) is 1.68.